The molecule has 0 heterocycles. The van der Waals surface area contributed by atoms with Crippen LogP contribution in [0.3, 0.4) is 0 Å². The second kappa shape index (κ2) is 11.7. The van der Waals surface area contributed by atoms with Gasteiger partial charge in [-0.1, -0.05) is 13.8 Å². The van der Waals surface area contributed by atoms with Crippen molar-refractivity contribution < 1.29 is 19.1 Å². The van der Waals surface area contributed by atoms with E-state index in [1.54, 1.807) is 0 Å². The molecular formula is C14H28N4O4. The highest BCUT2D eigenvalue weighted by atomic mass is 16.5. The maximum absolute atomic E-state index is 11.4. The van der Waals surface area contributed by atoms with E-state index in [-0.39, 0.29) is 13.2 Å². The predicted octanol–water partition coefficient (Wildman–Crippen LogP) is 0.688. The van der Waals surface area contributed by atoms with E-state index >= 15 is 0 Å². The quantitative estimate of drug-likeness (QED) is 0.235. The normalized spacial score (nSPS) is 11.2. The summed E-state index contributed by atoms with van der Waals surface area (Å²) in [5.74, 6) is 5.69. The fourth-order valence-corrected chi connectivity index (χ4v) is 1.55. The molecular weight excluding hydrogens is 288 g/mol. The van der Waals surface area contributed by atoms with Crippen molar-refractivity contribution in [2.75, 3.05) is 26.8 Å². The fraction of sp³-hybridized carbons (Fsp3) is 0.714. The molecule has 1 amide bonds. The van der Waals surface area contributed by atoms with E-state index in [9.17, 15) is 9.59 Å². The number of amides is 1. The molecule has 5 N–H and O–H groups in total. The summed E-state index contributed by atoms with van der Waals surface area (Å²) < 4.78 is 9.45. The van der Waals surface area contributed by atoms with Crippen LogP contribution >= 0.6 is 0 Å². The highest BCUT2D eigenvalue weighted by molar-refractivity contribution is 5.71. The van der Waals surface area contributed by atoms with Gasteiger partial charge in [0.05, 0.1) is 13.7 Å². The van der Waals surface area contributed by atoms with Crippen LogP contribution in [0.1, 0.15) is 33.1 Å². The summed E-state index contributed by atoms with van der Waals surface area (Å²) in [4.78, 5) is 22.4. The molecule has 0 radical (unpaired) electrons. The highest BCUT2D eigenvalue weighted by Gasteiger charge is 2.05. The van der Waals surface area contributed by atoms with Crippen LogP contribution in [-0.4, -0.2) is 43.9 Å². The van der Waals surface area contributed by atoms with Crippen LogP contribution in [0.5, 0.6) is 0 Å². The number of nitrogens with zero attached hydrogens (tertiary/aromatic N) is 1. The van der Waals surface area contributed by atoms with Crippen molar-refractivity contribution in [3.05, 3.63) is 11.9 Å². The zero-order chi connectivity index (χ0) is 17.0. The minimum Gasteiger partial charge on any atom is -0.468 e. The molecule has 22 heavy (non-hydrogen) atoms. The number of alkyl carbamates (subject to hydrolysis) is 1. The Balaban J connectivity index is 3.79. The summed E-state index contributed by atoms with van der Waals surface area (Å²) in [6.07, 6.45) is 3.25. The third-order valence-electron chi connectivity index (χ3n) is 2.72. The summed E-state index contributed by atoms with van der Waals surface area (Å²) in [5.41, 5.74) is 6.11. The molecule has 128 valence electrons. The van der Waals surface area contributed by atoms with E-state index in [0.29, 0.717) is 24.6 Å². The van der Waals surface area contributed by atoms with Crippen molar-refractivity contribution in [1.82, 2.24) is 10.3 Å². The highest BCUT2D eigenvalue weighted by Crippen LogP contribution is 2.02. The number of methoxy groups -OCH3 is 1. The Kier molecular flexibility index (Phi) is 10.6. The molecule has 0 aliphatic heterocycles. The Morgan fingerprint density at radius 3 is 2.64 bits per heavy atom. The van der Waals surface area contributed by atoms with Gasteiger partial charge in [-0.05, 0) is 18.8 Å². The maximum atomic E-state index is 11.4. The molecule has 0 saturated carbocycles. The van der Waals surface area contributed by atoms with Gasteiger partial charge in [0, 0.05) is 24.9 Å². The number of carbonyl (C=O) groups excluding carboxylic acids is 2. The Labute approximate surface area is 131 Å². The third-order valence-corrected chi connectivity index (χ3v) is 2.72. The van der Waals surface area contributed by atoms with E-state index in [4.69, 9.17) is 16.3 Å². The van der Waals surface area contributed by atoms with Crippen molar-refractivity contribution in [2.45, 2.75) is 33.1 Å². The number of nitrogens with two attached hydrogens (primary N) is 2. The number of hydrogen-bond donors (Lipinski definition) is 3. The first kappa shape index (κ1) is 20.0. The molecule has 0 aromatic carbocycles. The molecule has 0 aromatic rings. The fourth-order valence-electron chi connectivity index (χ4n) is 1.55. The van der Waals surface area contributed by atoms with E-state index in [2.05, 4.69) is 23.9 Å². The lowest BCUT2D eigenvalue weighted by Gasteiger charge is -2.13. The smallest absolute Gasteiger partial charge is 0.407 e. The number of ether oxygens (including phenoxy) is 2. The second-order valence-corrected chi connectivity index (χ2v) is 5.30. The number of hydrazine groups is 1. The first-order valence-corrected chi connectivity index (χ1v) is 7.30. The first-order valence-electron chi connectivity index (χ1n) is 7.30. The van der Waals surface area contributed by atoms with Gasteiger partial charge in [0.15, 0.2) is 0 Å². The Morgan fingerprint density at radius 2 is 2.05 bits per heavy atom. The standard InChI is InChI=1S/C14H28N4O4/c1-11(2)5-4-7-17-14(20)22-8-6-12(15)9-18(16)10-13(19)21-3/h9,11H,4-8,10,15-16H2,1-3H3,(H,17,20)/b12-9-. The van der Waals surface area contributed by atoms with Crippen molar-refractivity contribution in [3.63, 3.8) is 0 Å². The molecule has 0 aliphatic carbocycles. The van der Waals surface area contributed by atoms with Gasteiger partial charge in [0.2, 0.25) is 0 Å². The summed E-state index contributed by atoms with van der Waals surface area (Å²) in [6, 6.07) is 0. The molecule has 0 fully saturated rings. The van der Waals surface area contributed by atoms with E-state index in [1.807, 2.05) is 0 Å². The zero-order valence-corrected chi connectivity index (χ0v) is 13.6. The Hall–Kier alpha value is -1.96. The van der Waals surface area contributed by atoms with Gasteiger partial charge in [-0.25, -0.2) is 10.6 Å². The number of rotatable bonds is 10. The predicted molar refractivity (Wildman–Crippen MR) is 83.2 cm³/mol. The first-order chi connectivity index (χ1) is 10.3. The van der Waals surface area contributed by atoms with Gasteiger partial charge in [-0.3, -0.25) is 4.79 Å². The molecule has 0 saturated heterocycles. The lowest BCUT2D eigenvalue weighted by molar-refractivity contribution is -0.141. The molecule has 0 unspecified atom stereocenters. The molecule has 0 spiro atoms. The largest absolute Gasteiger partial charge is 0.468 e. The van der Waals surface area contributed by atoms with Crippen LogP contribution < -0.4 is 16.9 Å². The SMILES string of the molecule is COC(=O)CN(N)/C=C(\N)CCOC(=O)NCCCC(C)C. The number of nitrogens with one attached hydrogen (secondary N) is 1. The van der Waals surface area contributed by atoms with E-state index < -0.39 is 12.1 Å². The zero-order valence-electron chi connectivity index (χ0n) is 13.6. The molecule has 0 rings (SSSR count). The van der Waals surface area contributed by atoms with Crippen LogP contribution in [0.25, 0.3) is 0 Å². The van der Waals surface area contributed by atoms with Crippen LogP contribution in [0.4, 0.5) is 4.79 Å². The topological polar surface area (TPSA) is 120 Å². The number of hydrogen-bond acceptors (Lipinski definition) is 7. The molecule has 8 heteroatoms. The summed E-state index contributed by atoms with van der Waals surface area (Å²) in [5, 5.41) is 3.79. The van der Waals surface area contributed by atoms with Gasteiger partial charge >= 0.3 is 12.1 Å². The lowest BCUT2D eigenvalue weighted by atomic mass is 10.1. The molecule has 0 aliphatic rings. The number of carbonyl (C=O) groups is 2. The summed E-state index contributed by atoms with van der Waals surface area (Å²) >= 11 is 0. The Morgan fingerprint density at radius 1 is 1.36 bits per heavy atom. The second-order valence-electron chi connectivity index (χ2n) is 5.30. The van der Waals surface area contributed by atoms with Gasteiger partial charge < -0.3 is 25.5 Å². The maximum Gasteiger partial charge on any atom is 0.407 e. The minimum atomic E-state index is -0.469. The van der Waals surface area contributed by atoms with Crippen LogP contribution in [0.2, 0.25) is 0 Å². The van der Waals surface area contributed by atoms with Crippen LogP contribution in [0.15, 0.2) is 11.9 Å². The lowest BCUT2D eigenvalue weighted by Crippen LogP contribution is -2.33. The van der Waals surface area contributed by atoms with Crippen molar-refractivity contribution in [2.24, 2.45) is 17.5 Å². The summed E-state index contributed by atoms with van der Waals surface area (Å²) in [6.45, 7) is 4.90. The molecule has 0 bridgehead atoms. The average molecular weight is 316 g/mol. The van der Waals surface area contributed by atoms with Crippen LogP contribution in [-0.2, 0) is 14.3 Å². The third kappa shape index (κ3) is 11.8. The number of esters is 1. The van der Waals surface area contributed by atoms with Gasteiger partial charge in [0.25, 0.3) is 0 Å². The van der Waals surface area contributed by atoms with Crippen molar-refractivity contribution >= 4 is 12.1 Å². The molecule has 0 atom stereocenters. The van der Waals surface area contributed by atoms with Gasteiger partial charge in [-0.2, -0.15) is 0 Å². The van der Waals surface area contributed by atoms with Gasteiger partial charge in [-0.15, -0.1) is 0 Å². The Bertz CT molecular complexity index is 372. The van der Waals surface area contributed by atoms with E-state index in [1.165, 1.54) is 13.3 Å². The molecule has 8 nitrogen and oxygen atoms in total. The molecule has 0 aromatic heterocycles. The van der Waals surface area contributed by atoms with E-state index in [0.717, 1.165) is 17.9 Å². The van der Waals surface area contributed by atoms with Gasteiger partial charge in [0.1, 0.15) is 6.54 Å². The van der Waals surface area contributed by atoms with Crippen LogP contribution in [0, 0.1) is 5.92 Å². The van der Waals surface area contributed by atoms with Crippen molar-refractivity contribution in [3.8, 4) is 0 Å². The minimum absolute atomic E-state index is 0.103. The average Bonchev–Trinajstić information content (AvgIpc) is 2.42. The monoisotopic (exact) mass is 316 g/mol. The van der Waals surface area contributed by atoms with Crippen molar-refractivity contribution in [1.29, 1.82) is 0 Å². The summed E-state index contributed by atoms with van der Waals surface area (Å²) in [7, 11) is 1.27.